The van der Waals surface area contributed by atoms with E-state index in [1.54, 1.807) is 16.2 Å². The molecule has 1 aliphatic heterocycles. The number of halogens is 1. The number of hydrogen-bond acceptors (Lipinski definition) is 4. The van der Waals surface area contributed by atoms with Crippen molar-refractivity contribution >= 4 is 33.4 Å². The molecule has 0 bridgehead atoms. The Kier molecular flexibility index (Phi) is 4.64. The number of likely N-dealkylation sites (tertiary alicyclic amines) is 1. The molecule has 100 valence electrons. The molecular formula is C12H17BrN2O2S. The maximum Gasteiger partial charge on any atom is 0.409 e. The lowest BCUT2D eigenvalue weighted by Crippen LogP contribution is -2.49. The lowest BCUT2D eigenvalue weighted by Gasteiger charge is -2.35. The molecule has 1 aromatic heterocycles. The zero-order valence-corrected chi connectivity index (χ0v) is 12.7. The van der Waals surface area contributed by atoms with Gasteiger partial charge in [0.15, 0.2) is 0 Å². The molecule has 6 heteroatoms. The number of carbonyl (C=O) groups excluding carboxylic acids is 1. The van der Waals surface area contributed by atoms with Crippen molar-refractivity contribution in [3.63, 3.8) is 0 Å². The molecular weight excluding hydrogens is 316 g/mol. The molecule has 1 saturated heterocycles. The van der Waals surface area contributed by atoms with Gasteiger partial charge in [-0.1, -0.05) is 0 Å². The largest absolute Gasteiger partial charge is 0.453 e. The first-order valence-corrected chi connectivity index (χ1v) is 7.57. The highest BCUT2D eigenvalue weighted by Gasteiger charge is 2.28. The monoisotopic (exact) mass is 332 g/mol. The van der Waals surface area contributed by atoms with E-state index >= 15 is 0 Å². The second-order valence-electron chi connectivity index (χ2n) is 4.70. The molecule has 0 saturated carbocycles. The highest BCUT2D eigenvalue weighted by molar-refractivity contribution is 9.11. The summed E-state index contributed by atoms with van der Waals surface area (Å²) in [6, 6.07) is 2.18. The van der Waals surface area contributed by atoms with Crippen LogP contribution in [0.3, 0.4) is 0 Å². The van der Waals surface area contributed by atoms with Gasteiger partial charge in [-0.25, -0.2) is 4.79 Å². The fourth-order valence-electron chi connectivity index (χ4n) is 2.46. The van der Waals surface area contributed by atoms with Gasteiger partial charge >= 0.3 is 6.09 Å². The van der Waals surface area contributed by atoms with Gasteiger partial charge in [-0.3, -0.25) is 0 Å². The first kappa shape index (κ1) is 13.8. The zero-order chi connectivity index (χ0) is 13.1. The number of methoxy groups -OCH3 is 1. The third-order valence-corrected chi connectivity index (χ3v) is 4.70. The van der Waals surface area contributed by atoms with Gasteiger partial charge in [0.25, 0.3) is 0 Å². The highest BCUT2D eigenvalue weighted by Crippen LogP contribution is 2.26. The molecule has 0 aliphatic carbocycles. The van der Waals surface area contributed by atoms with E-state index in [2.05, 4.69) is 27.4 Å². The average molecular weight is 333 g/mol. The van der Waals surface area contributed by atoms with Crippen LogP contribution in [0.25, 0.3) is 0 Å². The Morgan fingerprint density at radius 2 is 2.44 bits per heavy atom. The number of ether oxygens (including phenoxy) is 1. The van der Waals surface area contributed by atoms with E-state index in [0.29, 0.717) is 12.5 Å². The van der Waals surface area contributed by atoms with E-state index in [-0.39, 0.29) is 12.1 Å². The van der Waals surface area contributed by atoms with Crippen LogP contribution in [0, 0.1) is 5.92 Å². The fourth-order valence-corrected chi connectivity index (χ4v) is 3.68. The van der Waals surface area contributed by atoms with Crippen molar-refractivity contribution in [3.8, 4) is 0 Å². The number of thiophene rings is 1. The summed E-state index contributed by atoms with van der Waals surface area (Å²) in [7, 11) is 1.41. The van der Waals surface area contributed by atoms with Crippen LogP contribution in [0.1, 0.15) is 12.0 Å². The summed E-state index contributed by atoms with van der Waals surface area (Å²) < 4.78 is 5.91. The lowest BCUT2D eigenvalue weighted by atomic mass is 9.90. The Morgan fingerprint density at radius 1 is 1.67 bits per heavy atom. The number of nitrogens with zero attached hydrogens (tertiary/aromatic N) is 1. The molecule has 0 spiro atoms. The minimum atomic E-state index is -0.276. The average Bonchev–Trinajstić information content (AvgIpc) is 2.73. The Hall–Kier alpha value is -0.590. The van der Waals surface area contributed by atoms with Gasteiger partial charge in [0, 0.05) is 19.1 Å². The molecule has 2 N–H and O–H groups in total. The Bertz CT molecular complexity index is 424. The van der Waals surface area contributed by atoms with Crippen LogP contribution in [0.2, 0.25) is 0 Å². The first-order chi connectivity index (χ1) is 8.58. The Labute approximate surface area is 119 Å². The third-order valence-electron chi connectivity index (χ3n) is 3.15. The number of nitrogens with two attached hydrogens (primary N) is 1. The maximum atomic E-state index is 11.6. The molecule has 1 amide bonds. The molecule has 2 heterocycles. The lowest BCUT2D eigenvalue weighted by molar-refractivity contribution is 0.0962. The van der Waals surface area contributed by atoms with Crippen molar-refractivity contribution in [1.29, 1.82) is 0 Å². The van der Waals surface area contributed by atoms with Crippen molar-refractivity contribution in [2.45, 2.75) is 18.9 Å². The van der Waals surface area contributed by atoms with Crippen molar-refractivity contribution in [2.24, 2.45) is 11.7 Å². The Morgan fingerprint density at radius 3 is 3.06 bits per heavy atom. The number of carbonyl (C=O) groups is 1. The van der Waals surface area contributed by atoms with E-state index in [9.17, 15) is 4.79 Å². The zero-order valence-electron chi connectivity index (χ0n) is 10.3. The van der Waals surface area contributed by atoms with Gasteiger partial charge in [0.2, 0.25) is 0 Å². The van der Waals surface area contributed by atoms with Gasteiger partial charge < -0.3 is 15.4 Å². The van der Waals surface area contributed by atoms with Crippen molar-refractivity contribution in [2.75, 3.05) is 20.2 Å². The fraction of sp³-hybridized carbons (Fsp3) is 0.583. The maximum absolute atomic E-state index is 11.6. The summed E-state index contributed by atoms with van der Waals surface area (Å²) in [6.45, 7) is 1.32. The number of amides is 1. The van der Waals surface area contributed by atoms with Crippen LogP contribution in [-0.2, 0) is 11.2 Å². The molecule has 18 heavy (non-hydrogen) atoms. The van der Waals surface area contributed by atoms with Crippen LogP contribution in [0.4, 0.5) is 4.79 Å². The predicted molar refractivity (Wildman–Crippen MR) is 75.8 cm³/mol. The van der Waals surface area contributed by atoms with Crippen molar-refractivity contribution in [3.05, 3.63) is 20.8 Å². The van der Waals surface area contributed by atoms with E-state index in [4.69, 9.17) is 10.5 Å². The standard InChI is InChI=1S/C12H17BrN2O2S/c1-17-12(16)15-5-8(3-10(14)6-15)2-9-4-11(13)18-7-9/h4,7-8,10H,2-3,5-6,14H2,1H3. The molecule has 0 radical (unpaired) electrons. The number of piperidine rings is 1. The molecule has 2 atom stereocenters. The van der Waals surface area contributed by atoms with E-state index in [1.165, 1.54) is 12.7 Å². The van der Waals surface area contributed by atoms with Crippen molar-refractivity contribution < 1.29 is 9.53 Å². The quantitative estimate of drug-likeness (QED) is 0.905. The molecule has 4 nitrogen and oxygen atoms in total. The summed E-state index contributed by atoms with van der Waals surface area (Å²) in [4.78, 5) is 13.3. The van der Waals surface area contributed by atoms with Gasteiger partial charge in [-0.05, 0) is 51.7 Å². The summed E-state index contributed by atoms with van der Waals surface area (Å²) in [5.41, 5.74) is 7.31. The van der Waals surface area contributed by atoms with Crippen molar-refractivity contribution in [1.82, 2.24) is 4.90 Å². The van der Waals surface area contributed by atoms with Gasteiger partial charge in [-0.2, -0.15) is 0 Å². The SMILES string of the molecule is COC(=O)N1CC(N)CC(Cc2csc(Br)c2)C1. The molecule has 2 rings (SSSR count). The second kappa shape index (κ2) is 6.04. The van der Waals surface area contributed by atoms with Crippen LogP contribution in [0.5, 0.6) is 0 Å². The molecule has 1 aliphatic rings. The highest BCUT2D eigenvalue weighted by atomic mass is 79.9. The smallest absolute Gasteiger partial charge is 0.409 e. The van der Waals surface area contributed by atoms with Crippen LogP contribution < -0.4 is 5.73 Å². The van der Waals surface area contributed by atoms with Crippen LogP contribution in [-0.4, -0.2) is 37.2 Å². The molecule has 2 unspecified atom stereocenters. The normalized spacial score (nSPS) is 24.1. The molecule has 0 aromatic carbocycles. The summed E-state index contributed by atoms with van der Waals surface area (Å²) in [5.74, 6) is 0.411. The van der Waals surface area contributed by atoms with Crippen LogP contribution in [0.15, 0.2) is 15.2 Å². The molecule has 1 fully saturated rings. The Balaban J connectivity index is 1.98. The van der Waals surface area contributed by atoms with Crippen LogP contribution >= 0.6 is 27.3 Å². The summed E-state index contributed by atoms with van der Waals surface area (Å²) >= 11 is 5.15. The second-order valence-corrected chi connectivity index (χ2v) is 6.99. The molecule has 1 aromatic rings. The predicted octanol–water partition coefficient (Wildman–Crippen LogP) is 2.47. The summed E-state index contributed by atoms with van der Waals surface area (Å²) in [5, 5.41) is 2.15. The first-order valence-electron chi connectivity index (χ1n) is 5.90. The van der Waals surface area contributed by atoms with E-state index in [1.807, 2.05) is 0 Å². The van der Waals surface area contributed by atoms with Gasteiger partial charge in [-0.15, -0.1) is 11.3 Å². The topological polar surface area (TPSA) is 55.6 Å². The van der Waals surface area contributed by atoms with E-state index < -0.39 is 0 Å². The van der Waals surface area contributed by atoms with E-state index in [0.717, 1.165) is 23.2 Å². The van der Waals surface area contributed by atoms with Gasteiger partial charge in [0.05, 0.1) is 10.9 Å². The summed E-state index contributed by atoms with van der Waals surface area (Å²) in [6.07, 6.45) is 1.64. The number of hydrogen-bond donors (Lipinski definition) is 1. The number of rotatable bonds is 2. The third kappa shape index (κ3) is 3.46. The minimum Gasteiger partial charge on any atom is -0.453 e. The van der Waals surface area contributed by atoms with Gasteiger partial charge in [0.1, 0.15) is 0 Å². The minimum absolute atomic E-state index is 0.0462.